The van der Waals surface area contributed by atoms with Crippen LogP contribution in [0.25, 0.3) is 10.2 Å². The van der Waals surface area contributed by atoms with E-state index < -0.39 is 0 Å². The number of hydrogen-bond donors (Lipinski definition) is 2. The van der Waals surface area contributed by atoms with Crippen LogP contribution in [-0.4, -0.2) is 34.7 Å². The minimum absolute atomic E-state index is 0.258. The van der Waals surface area contributed by atoms with Crippen LogP contribution in [0.3, 0.4) is 0 Å². The van der Waals surface area contributed by atoms with E-state index in [4.69, 9.17) is 0 Å². The minimum Gasteiger partial charge on any atom is -0.469 e. The third-order valence-electron chi connectivity index (χ3n) is 4.37. The predicted molar refractivity (Wildman–Crippen MR) is 116 cm³/mol. The molecule has 29 heavy (non-hydrogen) atoms. The Bertz CT molecular complexity index is 1120. The molecule has 1 aromatic carbocycles. The Morgan fingerprint density at radius 2 is 2.03 bits per heavy atom. The molecule has 0 fully saturated rings. The van der Waals surface area contributed by atoms with Gasteiger partial charge in [-0.15, -0.1) is 11.3 Å². The predicted octanol–water partition coefficient (Wildman–Crippen LogP) is 3.90. The van der Waals surface area contributed by atoms with Gasteiger partial charge in [0.05, 0.1) is 17.4 Å². The number of hydrogen-bond acceptors (Lipinski definition) is 7. The van der Waals surface area contributed by atoms with Gasteiger partial charge in [-0.05, 0) is 37.5 Å². The zero-order valence-electron chi connectivity index (χ0n) is 16.3. The number of rotatable bonds is 7. The number of nitrogens with zero attached hydrogens (tertiary/aromatic N) is 1. The fraction of sp³-hybridized carbons (Fsp3) is 0.300. The average molecular weight is 432 g/mol. The molecule has 7 nitrogen and oxygen atoms in total. The zero-order chi connectivity index (χ0) is 21.0. The normalized spacial score (nSPS) is 10.9. The SMILES string of the molecule is COC(=O)CCCSc1nc2sc(C(=O)Nc3ccccc3C)c(C)c2c(=O)[nH]1. The molecular weight excluding hydrogens is 410 g/mol. The fourth-order valence-electron chi connectivity index (χ4n) is 2.79. The van der Waals surface area contributed by atoms with E-state index in [1.807, 2.05) is 31.2 Å². The lowest BCUT2D eigenvalue weighted by Gasteiger charge is -2.07. The molecule has 0 aliphatic heterocycles. The number of aromatic amines is 1. The second-order valence-electron chi connectivity index (χ2n) is 6.40. The lowest BCUT2D eigenvalue weighted by Crippen LogP contribution is -2.13. The molecule has 9 heteroatoms. The number of carbonyl (C=O) groups is 2. The number of fused-ring (bicyclic) bond motifs is 1. The molecule has 0 spiro atoms. The number of ether oxygens (including phenoxy) is 1. The molecule has 3 aromatic rings. The smallest absolute Gasteiger partial charge is 0.305 e. The van der Waals surface area contributed by atoms with Crippen molar-refractivity contribution >= 4 is 50.9 Å². The second kappa shape index (κ2) is 9.23. The number of anilines is 1. The zero-order valence-corrected chi connectivity index (χ0v) is 18.0. The summed E-state index contributed by atoms with van der Waals surface area (Å²) < 4.78 is 4.61. The molecule has 3 rings (SSSR count). The molecule has 2 N–H and O–H groups in total. The van der Waals surface area contributed by atoms with E-state index in [-0.39, 0.29) is 17.4 Å². The van der Waals surface area contributed by atoms with Crippen molar-refractivity contribution in [3.63, 3.8) is 0 Å². The summed E-state index contributed by atoms with van der Waals surface area (Å²) in [7, 11) is 1.36. The van der Waals surface area contributed by atoms with Gasteiger partial charge in [0.25, 0.3) is 11.5 Å². The quantitative estimate of drug-likeness (QED) is 0.255. The van der Waals surface area contributed by atoms with Crippen LogP contribution in [0.4, 0.5) is 5.69 Å². The number of aromatic nitrogens is 2. The molecule has 0 radical (unpaired) electrons. The van der Waals surface area contributed by atoms with Gasteiger partial charge in [0.15, 0.2) is 5.16 Å². The van der Waals surface area contributed by atoms with Gasteiger partial charge in [-0.25, -0.2) is 4.98 Å². The van der Waals surface area contributed by atoms with Crippen LogP contribution < -0.4 is 10.9 Å². The first-order valence-electron chi connectivity index (χ1n) is 9.00. The molecule has 0 atom stereocenters. The topological polar surface area (TPSA) is 101 Å². The van der Waals surface area contributed by atoms with Crippen molar-refractivity contribution in [2.24, 2.45) is 0 Å². The number of benzene rings is 1. The lowest BCUT2D eigenvalue weighted by molar-refractivity contribution is -0.140. The second-order valence-corrected chi connectivity index (χ2v) is 8.49. The first kappa shape index (κ1) is 21.1. The van der Waals surface area contributed by atoms with Crippen molar-refractivity contribution < 1.29 is 14.3 Å². The van der Waals surface area contributed by atoms with Crippen molar-refractivity contribution in [1.29, 1.82) is 0 Å². The first-order valence-corrected chi connectivity index (χ1v) is 10.8. The maximum atomic E-state index is 12.8. The molecule has 0 saturated carbocycles. The molecule has 0 aliphatic carbocycles. The highest BCUT2D eigenvalue weighted by Crippen LogP contribution is 2.29. The van der Waals surface area contributed by atoms with E-state index in [2.05, 4.69) is 20.0 Å². The number of amides is 1. The lowest BCUT2D eigenvalue weighted by atomic mass is 10.2. The summed E-state index contributed by atoms with van der Waals surface area (Å²) in [6, 6.07) is 7.52. The molecule has 0 saturated heterocycles. The van der Waals surface area contributed by atoms with E-state index in [0.29, 0.717) is 44.4 Å². The van der Waals surface area contributed by atoms with Crippen LogP contribution in [0.5, 0.6) is 0 Å². The summed E-state index contributed by atoms with van der Waals surface area (Å²) in [4.78, 5) is 44.7. The first-order chi connectivity index (χ1) is 13.9. The molecule has 0 unspecified atom stereocenters. The highest BCUT2D eigenvalue weighted by Gasteiger charge is 2.20. The van der Waals surface area contributed by atoms with E-state index in [1.165, 1.54) is 30.2 Å². The largest absolute Gasteiger partial charge is 0.469 e. The summed E-state index contributed by atoms with van der Waals surface area (Å²) >= 11 is 2.56. The van der Waals surface area contributed by atoms with Gasteiger partial charge in [0.2, 0.25) is 0 Å². The van der Waals surface area contributed by atoms with Gasteiger partial charge in [-0.2, -0.15) is 0 Å². The van der Waals surface area contributed by atoms with Crippen LogP contribution in [0.1, 0.15) is 33.6 Å². The standard InChI is InChI=1S/C20H21N3O4S2/c1-11-7-4-5-8-13(11)21-18(26)16-12(2)15-17(25)22-20(23-19(15)29-16)28-10-6-9-14(24)27-3/h4-5,7-8H,6,9-10H2,1-3H3,(H,21,26)(H,22,23,25). The molecular formula is C20H21N3O4S2. The number of thiophene rings is 1. The summed E-state index contributed by atoms with van der Waals surface area (Å²) in [5, 5.41) is 3.81. The van der Waals surface area contributed by atoms with Gasteiger partial charge in [-0.3, -0.25) is 14.4 Å². The minimum atomic E-state index is -0.269. The molecule has 0 bridgehead atoms. The Hall–Kier alpha value is -2.65. The van der Waals surface area contributed by atoms with E-state index >= 15 is 0 Å². The van der Waals surface area contributed by atoms with Crippen LogP contribution in [0, 0.1) is 13.8 Å². The van der Waals surface area contributed by atoms with Crippen molar-refractivity contribution in [2.45, 2.75) is 31.8 Å². The van der Waals surface area contributed by atoms with Crippen LogP contribution >= 0.6 is 23.1 Å². The highest BCUT2D eigenvalue weighted by molar-refractivity contribution is 7.99. The van der Waals surface area contributed by atoms with Crippen molar-refractivity contribution in [2.75, 3.05) is 18.2 Å². The Morgan fingerprint density at radius 3 is 2.76 bits per heavy atom. The third kappa shape index (κ3) is 4.86. The average Bonchev–Trinajstić information content (AvgIpc) is 3.03. The Kier molecular flexibility index (Phi) is 6.71. The highest BCUT2D eigenvalue weighted by atomic mass is 32.2. The number of thioether (sulfide) groups is 1. The van der Waals surface area contributed by atoms with Gasteiger partial charge in [0.1, 0.15) is 4.83 Å². The van der Waals surface area contributed by atoms with Crippen LogP contribution in [0.2, 0.25) is 0 Å². The van der Waals surface area contributed by atoms with E-state index in [0.717, 1.165) is 11.3 Å². The summed E-state index contributed by atoms with van der Waals surface area (Å²) in [5.74, 6) is 0.0984. The van der Waals surface area contributed by atoms with E-state index in [9.17, 15) is 14.4 Å². The Labute approximate surface area is 175 Å². The van der Waals surface area contributed by atoms with E-state index in [1.54, 1.807) is 6.92 Å². The van der Waals surface area contributed by atoms with Gasteiger partial charge < -0.3 is 15.0 Å². The maximum Gasteiger partial charge on any atom is 0.305 e. The van der Waals surface area contributed by atoms with Crippen molar-refractivity contribution in [3.05, 3.63) is 50.6 Å². The molecule has 0 aliphatic rings. The summed E-state index contributed by atoms with van der Waals surface area (Å²) in [6.45, 7) is 3.68. The number of H-pyrrole nitrogens is 1. The molecule has 1 amide bonds. The number of methoxy groups -OCH3 is 1. The number of para-hydroxylation sites is 1. The molecule has 2 aromatic heterocycles. The Morgan fingerprint density at radius 1 is 1.28 bits per heavy atom. The van der Waals surface area contributed by atoms with Gasteiger partial charge in [0, 0.05) is 17.9 Å². The fourth-order valence-corrected chi connectivity index (χ4v) is 4.73. The third-order valence-corrected chi connectivity index (χ3v) is 6.51. The number of esters is 1. The van der Waals surface area contributed by atoms with Crippen molar-refractivity contribution in [1.82, 2.24) is 9.97 Å². The number of carbonyl (C=O) groups excluding carboxylic acids is 2. The monoisotopic (exact) mass is 431 g/mol. The van der Waals surface area contributed by atoms with Crippen LogP contribution in [-0.2, 0) is 9.53 Å². The Balaban J connectivity index is 1.80. The molecule has 2 heterocycles. The number of aryl methyl sites for hydroxylation is 2. The maximum absolute atomic E-state index is 12.8. The van der Waals surface area contributed by atoms with Gasteiger partial charge >= 0.3 is 5.97 Å². The van der Waals surface area contributed by atoms with Gasteiger partial charge in [-0.1, -0.05) is 30.0 Å². The molecule has 152 valence electrons. The summed E-state index contributed by atoms with van der Waals surface area (Å²) in [6.07, 6.45) is 0.934. The van der Waals surface area contributed by atoms with Crippen LogP contribution in [0.15, 0.2) is 34.2 Å². The van der Waals surface area contributed by atoms with Crippen molar-refractivity contribution in [3.8, 4) is 0 Å². The number of nitrogens with one attached hydrogen (secondary N) is 2. The summed E-state index contributed by atoms with van der Waals surface area (Å²) in [5.41, 5.74) is 2.04.